The van der Waals surface area contributed by atoms with Crippen LogP contribution in [0.5, 0.6) is 0 Å². The van der Waals surface area contributed by atoms with Gasteiger partial charge in [-0.15, -0.1) is 11.3 Å². The minimum Gasteiger partial charge on any atom is -0.477 e. The maximum atomic E-state index is 10.8. The molecule has 1 N–H and O–H groups in total. The molecule has 0 amide bonds. The first kappa shape index (κ1) is 9.80. The maximum Gasteiger partial charge on any atom is 0.346 e. The highest BCUT2D eigenvalue weighted by Crippen LogP contribution is 2.26. The number of aromatic nitrogens is 2. The number of thiophene rings is 1. The van der Waals surface area contributed by atoms with Crippen LogP contribution in [0.1, 0.15) is 16.1 Å². The molecule has 1 atom stereocenters. The van der Waals surface area contributed by atoms with E-state index in [9.17, 15) is 4.79 Å². The van der Waals surface area contributed by atoms with Gasteiger partial charge in [-0.05, 0) is 12.5 Å². The standard InChI is InChI=1S/C10H10N2O3S/c13-10(14)8-3-7-9(16-8)12(5-11-7)4-6-1-2-15-6/h3,5-6H,1-2,4H2,(H,13,14). The molecule has 1 saturated heterocycles. The molecule has 6 heteroatoms. The Balaban J connectivity index is 1.94. The molecular weight excluding hydrogens is 228 g/mol. The molecule has 1 aliphatic rings. The predicted molar refractivity (Wildman–Crippen MR) is 58.9 cm³/mol. The number of carboxylic acids is 1. The lowest BCUT2D eigenvalue weighted by molar-refractivity contribution is -0.0586. The molecule has 0 spiro atoms. The third-order valence-electron chi connectivity index (χ3n) is 2.70. The van der Waals surface area contributed by atoms with Crippen LogP contribution in [-0.4, -0.2) is 33.3 Å². The van der Waals surface area contributed by atoms with Crippen LogP contribution in [0.4, 0.5) is 0 Å². The molecule has 2 aromatic rings. The van der Waals surface area contributed by atoms with Crippen LogP contribution >= 0.6 is 11.3 Å². The number of ether oxygens (including phenoxy) is 1. The Morgan fingerprint density at radius 3 is 3.19 bits per heavy atom. The van der Waals surface area contributed by atoms with Crippen LogP contribution in [-0.2, 0) is 11.3 Å². The Bertz CT molecular complexity index is 541. The predicted octanol–water partition coefficient (Wildman–Crippen LogP) is 1.58. The number of carbonyl (C=O) groups is 1. The van der Waals surface area contributed by atoms with Crippen molar-refractivity contribution in [1.82, 2.24) is 9.55 Å². The van der Waals surface area contributed by atoms with Gasteiger partial charge in [-0.25, -0.2) is 9.78 Å². The summed E-state index contributed by atoms with van der Waals surface area (Å²) in [4.78, 5) is 16.3. The van der Waals surface area contributed by atoms with Crippen LogP contribution in [0.2, 0.25) is 0 Å². The van der Waals surface area contributed by atoms with Crippen LogP contribution in [0.15, 0.2) is 12.4 Å². The third-order valence-corrected chi connectivity index (χ3v) is 3.84. The summed E-state index contributed by atoms with van der Waals surface area (Å²) in [7, 11) is 0. The number of rotatable bonds is 3. The normalized spacial score (nSPS) is 19.9. The van der Waals surface area contributed by atoms with E-state index in [1.165, 1.54) is 11.3 Å². The summed E-state index contributed by atoms with van der Waals surface area (Å²) in [6.07, 6.45) is 3.07. The van der Waals surface area contributed by atoms with E-state index in [4.69, 9.17) is 9.84 Å². The van der Waals surface area contributed by atoms with Crippen molar-refractivity contribution in [2.24, 2.45) is 0 Å². The Hall–Kier alpha value is -1.40. The fraction of sp³-hybridized carbons (Fsp3) is 0.400. The second-order valence-electron chi connectivity index (χ2n) is 3.78. The summed E-state index contributed by atoms with van der Waals surface area (Å²) >= 11 is 1.26. The number of carboxylic acid groups (broad SMARTS) is 1. The molecular formula is C10H10N2O3S. The SMILES string of the molecule is O=C(O)c1cc2ncn(CC3CCO3)c2s1. The van der Waals surface area contributed by atoms with Gasteiger partial charge in [0.05, 0.1) is 19.0 Å². The monoisotopic (exact) mass is 238 g/mol. The molecule has 0 bridgehead atoms. The number of fused-ring (bicyclic) bond motifs is 1. The number of imidazole rings is 1. The lowest BCUT2D eigenvalue weighted by Crippen LogP contribution is -2.30. The average molecular weight is 238 g/mol. The lowest BCUT2D eigenvalue weighted by Gasteiger charge is -2.26. The number of hydrogen-bond donors (Lipinski definition) is 1. The third kappa shape index (κ3) is 1.50. The first-order valence-electron chi connectivity index (χ1n) is 5.03. The number of nitrogens with zero attached hydrogens (tertiary/aromatic N) is 2. The van der Waals surface area contributed by atoms with Crippen molar-refractivity contribution in [2.75, 3.05) is 6.61 Å². The Labute approximate surface area is 95.3 Å². The molecule has 1 unspecified atom stereocenters. The summed E-state index contributed by atoms with van der Waals surface area (Å²) in [5, 5.41) is 8.88. The molecule has 0 saturated carbocycles. The lowest BCUT2D eigenvalue weighted by atomic mass is 10.2. The van der Waals surface area contributed by atoms with E-state index in [-0.39, 0.29) is 6.10 Å². The largest absolute Gasteiger partial charge is 0.477 e. The Morgan fingerprint density at radius 2 is 2.56 bits per heavy atom. The molecule has 16 heavy (non-hydrogen) atoms. The van der Waals surface area contributed by atoms with Gasteiger partial charge in [0.2, 0.25) is 0 Å². The summed E-state index contributed by atoms with van der Waals surface area (Å²) in [6, 6.07) is 1.61. The van der Waals surface area contributed by atoms with Crippen molar-refractivity contribution in [3.63, 3.8) is 0 Å². The van der Waals surface area contributed by atoms with Crippen molar-refractivity contribution in [1.29, 1.82) is 0 Å². The van der Waals surface area contributed by atoms with Gasteiger partial charge >= 0.3 is 5.97 Å². The molecule has 5 nitrogen and oxygen atoms in total. The molecule has 1 fully saturated rings. The summed E-state index contributed by atoms with van der Waals surface area (Å²) in [6.45, 7) is 1.59. The van der Waals surface area contributed by atoms with Crippen molar-refractivity contribution < 1.29 is 14.6 Å². The zero-order valence-electron chi connectivity index (χ0n) is 8.42. The minimum atomic E-state index is -0.894. The quantitative estimate of drug-likeness (QED) is 0.881. The molecule has 84 valence electrons. The molecule has 2 aromatic heterocycles. The van der Waals surface area contributed by atoms with E-state index in [0.29, 0.717) is 4.88 Å². The van der Waals surface area contributed by atoms with Crippen molar-refractivity contribution >= 4 is 27.7 Å². The fourth-order valence-corrected chi connectivity index (χ4v) is 2.66. The first-order chi connectivity index (χ1) is 7.74. The topological polar surface area (TPSA) is 64.3 Å². The van der Waals surface area contributed by atoms with Crippen molar-refractivity contribution in [2.45, 2.75) is 19.1 Å². The van der Waals surface area contributed by atoms with Crippen molar-refractivity contribution in [3.05, 3.63) is 17.3 Å². The molecule has 0 radical (unpaired) electrons. The molecule has 1 aliphatic heterocycles. The number of aromatic carboxylic acids is 1. The van der Waals surface area contributed by atoms with Gasteiger partial charge in [0.15, 0.2) is 0 Å². The highest BCUT2D eigenvalue weighted by atomic mass is 32.1. The Morgan fingerprint density at radius 1 is 1.75 bits per heavy atom. The van der Waals surface area contributed by atoms with Crippen molar-refractivity contribution in [3.8, 4) is 0 Å². The zero-order valence-corrected chi connectivity index (χ0v) is 9.24. The van der Waals surface area contributed by atoms with Crippen LogP contribution in [0, 0.1) is 0 Å². The minimum absolute atomic E-state index is 0.257. The van der Waals surface area contributed by atoms with E-state index in [1.54, 1.807) is 12.4 Å². The summed E-state index contributed by atoms with van der Waals surface area (Å²) < 4.78 is 7.32. The van der Waals surface area contributed by atoms with Crippen LogP contribution in [0.3, 0.4) is 0 Å². The average Bonchev–Trinajstić information content (AvgIpc) is 2.70. The van der Waals surface area contributed by atoms with Crippen LogP contribution < -0.4 is 0 Å². The summed E-state index contributed by atoms with van der Waals surface area (Å²) in [5.74, 6) is -0.894. The second kappa shape index (κ2) is 3.57. The van der Waals surface area contributed by atoms with Gasteiger partial charge in [0.25, 0.3) is 0 Å². The highest BCUT2D eigenvalue weighted by molar-refractivity contribution is 7.20. The highest BCUT2D eigenvalue weighted by Gasteiger charge is 2.20. The summed E-state index contributed by atoms with van der Waals surface area (Å²) in [5.41, 5.74) is 0.752. The van der Waals surface area contributed by atoms with E-state index >= 15 is 0 Å². The fourth-order valence-electron chi connectivity index (χ4n) is 1.74. The molecule has 3 heterocycles. The Kier molecular flexibility index (Phi) is 2.19. The maximum absolute atomic E-state index is 10.8. The molecule has 0 aliphatic carbocycles. The molecule has 3 rings (SSSR count). The van der Waals surface area contributed by atoms with Crippen LogP contribution in [0.25, 0.3) is 10.3 Å². The van der Waals surface area contributed by atoms with Gasteiger partial charge in [0.1, 0.15) is 15.2 Å². The van der Waals surface area contributed by atoms with E-state index < -0.39 is 5.97 Å². The van der Waals surface area contributed by atoms with Gasteiger partial charge in [-0.2, -0.15) is 0 Å². The van der Waals surface area contributed by atoms with E-state index in [0.717, 1.165) is 29.9 Å². The number of hydrogen-bond acceptors (Lipinski definition) is 4. The van der Waals surface area contributed by atoms with E-state index in [1.807, 2.05) is 4.57 Å². The molecule has 0 aromatic carbocycles. The van der Waals surface area contributed by atoms with Gasteiger partial charge in [-0.3, -0.25) is 0 Å². The van der Waals surface area contributed by atoms with Gasteiger partial charge < -0.3 is 14.4 Å². The first-order valence-corrected chi connectivity index (χ1v) is 5.85. The van der Waals surface area contributed by atoms with Gasteiger partial charge in [0, 0.05) is 6.61 Å². The van der Waals surface area contributed by atoms with E-state index in [2.05, 4.69) is 4.98 Å². The smallest absolute Gasteiger partial charge is 0.346 e. The zero-order chi connectivity index (χ0) is 11.1. The van der Waals surface area contributed by atoms with Gasteiger partial charge in [-0.1, -0.05) is 0 Å². The second-order valence-corrected chi connectivity index (χ2v) is 4.82.